The van der Waals surface area contributed by atoms with E-state index >= 15 is 0 Å². The Kier molecular flexibility index (Phi) is 45.8. The zero-order valence-electron chi connectivity index (χ0n) is 44.3. The molecule has 1 amide bonds. The van der Waals surface area contributed by atoms with Crippen LogP contribution in [0.4, 0.5) is 0 Å². The van der Waals surface area contributed by atoms with Crippen molar-refractivity contribution < 1.29 is 37.3 Å². The number of amides is 1. The van der Waals surface area contributed by atoms with Crippen LogP contribution >= 0.6 is 7.82 Å². The Bertz CT molecular complexity index is 1340. The van der Waals surface area contributed by atoms with Crippen LogP contribution in [-0.2, 0) is 27.9 Å². The number of phosphoric acid groups is 1. The van der Waals surface area contributed by atoms with E-state index in [1.54, 1.807) is 0 Å². The molecule has 67 heavy (non-hydrogen) atoms. The van der Waals surface area contributed by atoms with E-state index in [0.717, 1.165) is 103 Å². The van der Waals surface area contributed by atoms with Crippen LogP contribution in [0, 0.1) is 0 Å². The summed E-state index contributed by atoms with van der Waals surface area (Å²) in [6.07, 6.45) is 57.6. The quantitative estimate of drug-likeness (QED) is 0.0212. The van der Waals surface area contributed by atoms with Gasteiger partial charge in [0.15, 0.2) is 0 Å². The first-order valence-electron chi connectivity index (χ1n) is 27.6. The van der Waals surface area contributed by atoms with Gasteiger partial charge in [0.2, 0.25) is 5.91 Å². The minimum Gasteiger partial charge on any atom is -0.756 e. The summed E-state index contributed by atoms with van der Waals surface area (Å²) in [5, 5.41) is 3.00. The summed E-state index contributed by atoms with van der Waals surface area (Å²) in [4.78, 5) is 39.7. The number of hydrogen-bond acceptors (Lipinski definition) is 7. The molecule has 0 spiro atoms. The molecule has 0 saturated heterocycles. The molecule has 3 atom stereocenters. The van der Waals surface area contributed by atoms with E-state index < -0.39 is 26.6 Å². The zero-order valence-corrected chi connectivity index (χ0v) is 45.2. The van der Waals surface area contributed by atoms with Crippen molar-refractivity contribution in [2.75, 3.05) is 40.9 Å². The van der Waals surface area contributed by atoms with E-state index in [4.69, 9.17) is 13.8 Å². The number of carbonyl (C=O) groups excluding carboxylic acids is 2. The molecule has 9 nitrogen and oxygen atoms in total. The van der Waals surface area contributed by atoms with Crippen LogP contribution in [0.2, 0.25) is 0 Å². The van der Waals surface area contributed by atoms with Crippen LogP contribution in [0.25, 0.3) is 0 Å². The maximum atomic E-state index is 13.4. The maximum absolute atomic E-state index is 13.4. The minimum absolute atomic E-state index is 0.0290. The number of hydrogen-bond donors (Lipinski definition) is 1. The predicted octanol–water partition coefficient (Wildman–Crippen LogP) is 15.7. The summed E-state index contributed by atoms with van der Waals surface area (Å²) >= 11 is 0. The summed E-state index contributed by atoms with van der Waals surface area (Å²) in [6, 6.07) is -0.901. The lowest BCUT2D eigenvalue weighted by molar-refractivity contribution is -0.870. The number of esters is 1. The molecule has 0 aromatic carbocycles. The number of nitrogens with zero attached hydrogens (tertiary/aromatic N) is 1. The lowest BCUT2D eigenvalue weighted by Gasteiger charge is -2.30. The van der Waals surface area contributed by atoms with Gasteiger partial charge in [0.25, 0.3) is 7.82 Å². The molecule has 0 heterocycles. The van der Waals surface area contributed by atoms with Gasteiger partial charge in [-0.3, -0.25) is 14.2 Å². The number of carbonyl (C=O) groups is 2. The second-order valence-corrected chi connectivity index (χ2v) is 21.1. The normalized spacial score (nSPS) is 14.3. The third-order valence-electron chi connectivity index (χ3n) is 11.9. The standard InChI is InChI=1S/C57H105N2O7P/c1-7-10-13-16-19-22-25-27-29-30-31-34-37-40-43-46-49-56(60)58-54(53-65-67(62,63)64-52-51-59(4,5)6)55(48-45-42-39-36-33-24-21-18-15-12-9-3)66-57(61)50-47-44-41-38-35-32-28-26-23-20-17-14-11-8-2/h11,14,20,23,28-30,32,45,48,54-55H,7-10,12-13,15-19,21-22,24-27,31,33-44,46-47,49-53H2,1-6H3,(H-,58,60,62,63)/b14-11+,23-20+,30-29+,32-28+,48-45+. The van der Waals surface area contributed by atoms with Crippen LogP contribution in [0.15, 0.2) is 60.8 Å². The fraction of sp³-hybridized carbons (Fsp3) is 0.789. The topological polar surface area (TPSA) is 114 Å². The summed E-state index contributed by atoms with van der Waals surface area (Å²) in [5.74, 6) is -0.578. The highest BCUT2D eigenvalue weighted by atomic mass is 31.2. The maximum Gasteiger partial charge on any atom is 0.306 e. The van der Waals surface area contributed by atoms with Gasteiger partial charge in [0.1, 0.15) is 19.3 Å². The molecule has 390 valence electrons. The molecule has 0 radical (unpaired) electrons. The van der Waals surface area contributed by atoms with Crippen molar-refractivity contribution in [1.29, 1.82) is 0 Å². The Morgan fingerprint density at radius 2 is 0.955 bits per heavy atom. The number of allylic oxidation sites excluding steroid dienone is 9. The third-order valence-corrected chi connectivity index (χ3v) is 12.9. The Hall–Kier alpha value is -2.29. The van der Waals surface area contributed by atoms with Crippen LogP contribution in [0.3, 0.4) is 0 Å². The van der Waals surface area contributed by atoms with Crippen molar-refractivity contribution in [2.24, 2.45) is 0 Å². The van der Waals surface area contributed by atoms with Gasteiger partial charge in [-0.1, -0.05) is 197 Å². The average molecular weight is 961 g/mol. The molecule has 10 heteroatoms. The van der Waals surface area contributed by atoms with Gasteiger partial charge in [0, 0.05) is 12.8 Å². The first kappa shape index (κ1) is 64.7. The first-order chi connectivity index (χ1) is 32.4. The third kappa shape index (κ3) is 48.5. The number of ether oxygens (including phenoxy) is 1. The molecule has 0 aromatic rings. The van der Waals surface area contributed by atoms with Crippen LogP contribution in [-0.4, -0.2) is 69.4 Å². The van der Waals surface area contributed by atoms with E-state index in [1.807, 2.05) is 33.3 Å². The first-order valence-corrected chi connectivity index (χ1v) is 29.1. The Labute approximate surface area is 413 Å². The second-order valence-electron chi connectivity index (χ2n) is 19.7. The molecule has 0 fully saturated rings. The fourth-order valence-electron chi connectivity index (χ4n) is 7.65. The van der Waals surface area contributed by atoms with E-state index in [1.165, 1.54) is 96.3 Å². The molecule has 0 aliphatic carbocycles. The van der Waals surface area contributed by atoms with Crippen molar-refractivity contribution in [1.82, 2.24) is 5.32 Å². The molecule has 0 aromatic heterocycles. The van der Waals surface area contributed by atoms with Crippen molar-refractivity contribution in [3.63, 3.8) is 0 Å². The SMILES string of the molecule is CC/C=C/C/C=C/C/C=C/CCCCCCC(=O)OC(/C=C/CCCCCCCCCCC)C(COP(=O)([O-])OCC[N+](C)(C)C)NC(=O)CCCCCCC/C=C/CCCCCCCCC. The van der Waals surface area contributed by atoms with E-state index in [-0.39, 0.29) is 24.9 Å². The van der Waals surface area contributed by atoms with Gasteiger partial charge in [-0.2, -0.15) is 0 Å². The highest BCUT2D eigenvalue weighted by Crippen LogP contribution is 2.38. The molecular formula is C57H105N2O7P. The molecule has 3 unspecified atom stereocenters. The highest BCUT2D eigenvalue weighted by molar-refractivity contribution is 7.45. The van der Waals surface area contributed by atoms with Gasteiger partial charge in [0.05, 0.1) is 33.8 Å². The largest absolute Gasteiger partial charge is 0.756 e. The van der Waals surface area contributed by atoms with Crippen molar-refractivity contribution >= 4 is 19.7 Å². The number of rotatable bonds is 49. The average Bonchev–Trinajstić information content (AvgIpc) is 3.28. The second kappa shape index (κ2) is 47.4. The zero-order chi connectivity index (χ0) is 49.4. The number of unbranched alkanes of at least 4 members (excludes halogenated alkanes) is 25. The Morgan fingerprint density at radius 1 is 0.537 bits per heavy atom. The molecule has 1 N–H and O–H groups in total. The summed E-state index contributed by atoms with van der Waals surface area (Å²) in [5.41, 5.74) is 0. The van der Waals surface area contributed by atoms with Crippen LogP contribution in [0.1, 0.15) is 239 Å². The number of quaternary nitrogens is 1. The number of phosphoric ester groups is 1. The fourth-order valence-corrected chi connectivity index (χ4v) is 8.37. The van der Waals surface area contributed by atoms with Gasteiger partial charge in [-0.25, -0.2) is 0 Å². The van der Waals surface area contributed by atoms with Gasteiger partial charge < -0.3 is 28.5 Å². The number of likely N-dealkylation sites (N-methyl/N-ethyl adjacent to an activating group) is 1. The van der Waals surface area contributed by atoms with Gasteiger partial charge >= 0.3 is 5.97 Å². The molecule has 0 aliphatic heterocycles. The van der Waals surface area contributed by atoms with E-state index in [0.29, 0.717) is 23.9 Å². The van der Waals surface area contributed by atoms with Crippen molar-refractivity contribution in [3.8, 4) is 0 Å². The predicted molar refractivity (Wildman–Crippen MR) is 284 cm³/mol. The number of nitrogens with one attached hydrogen (secondary N) is 1. The van der Waals surface area contributed by atoms with Crippen molar-refractivity contribution in [3.05, 3.63) is 60.8 Å². The Morgan fingerprint density at radius 3 is 1.45 bits per heavy atom. The summed E-state index contributed by atoms with van der Waals surface area (Å²) in [6.45, 7) is 6.69. The van der Waals surface area contributed by atoms with Crippen LogP contribution < -0.4 is 10.2 Å². The molecule has 0 saturated carbocycles. The van der Waals surface area contributed by atoms with E-state index in [9.17, 15) is 19.0 Å². The van der Waals surface area contributed by atoms with Crippen LogP contribution in [0.5, 0.6) is 0 Å². The lowest BCUT2D eigenvalue weighted by atomic mass is 10.1. The van der Waals surface area contributed by atoms with Crippen molar-refractivity contribution in [2.45, 2.75) is 251 Å². The molecule has 0 bridgehead atoms. The highest BCUT2D eigenvalue weighted by Gasteiger charge is 2.27. The minimum atomic E-state index is -4.70. The summed E-state index contributed by atoms with van der Waals surface area (Å²) in [7, 11) is 1.16. The molecular weight excluding hydrogens is 856 g/mol. The summed E-state index contributed by atoms with van der Waals surface area (Å²) < 4.78 is 30.1. The smallest absolute Gasteiger partial charge is 0.306 e. The van der Waals surface area contributed by atoms with Gasteiger partial charge in [-0.15, -0.1) is 0 Å². The monoisotopic (exact) mass is 961 g/mol. The van der Waals surface area contributed by atoms with Gasteiger partial charge in [-0.05, 0) is 89.5 Å². The molecule has 0 aliphatic rings. The van der Waals surface area contributed by atoms with E-state index in [2.05, 4.69) is 74.7 Å². The lowest BCUT2D eigenvalue weighted by Crippen LogP contribution is -2.47. The molecule has 0 rings (SSSR count). The Balaban J connectivity index is 5.40.